The van der Waals surface area contributed by atoms with Crippen molar-refractivity contribution in [2.75, 3.05) is 6.61 Å². The molecular weight excluding hydrogens is 276 g/mol. The molecule has 2 heterocycles. The molecule has 5 nitrogen and oxygen atoms in total. The van der Waals surface area contributed by atoms with Gasteiger partial charge in [-0.3, -0.25) is 0 Å². The fourth-order valence-corrected chi connectivity index (χ4v) is 2.09. The van der Waals surface area contributed by atoms with Gasteiger partial charge in [-0.05, 0) is 37.3 Å². The van der Waals surface area contributed by atoms with Gasteiger partial charge >= 0.3 is 0 Å². The van der Waals surface area contributed by atoms with E-state index in [1.54, 1.807) is 10.7 Å². The molecule has 3 rings (SSSR count). The van der Waals surface area contributed by atoms with Crippen molar-refractivity contribution >= 4 is 17.2 Å². The molecule has 1 aromatic carbocycles. The normalized spacial score (nSPS) is 10.9. The zero-order valence-electron chi connectivity index (χ0n) is 11.0. The summed E-state index contributed by atoms with van der Waals surface area (Å²) in [6.07, 6.45) is 2.49. The number of hydrogen-bond donors (Lipinski definition) is 0. The molecule has 0 radical (unpaired) electrons. The molecule has 0 amide bonds. The molecule has 0 bridgehead atoms. The number of halogens is 1. The van der Waals surface area contributed by atoms with E-state index in [0.29, 0.717) is 11.6 Å². The second kappa shape index (κ2) is 5.46. The van der Waals surface area contributed by atoms with Crippen molar-refractivity contribution in [3.05, 3.63) is 52.9 Å². The second-order valence-electron chi connectivity index (χ2n) is 4.39. The molecule has 20 heavy (non-hydrogen) atoms. The lowest BCUT2D eigenvalue weighted by molar-refractivity contribution is 0.322. The smallest absolute Gasteiger partial charge is 0.181 e. The van der Waals surface area contributed by atoms with Gasteiger partial charge < -0.3 is 4.74 Å². The highest BCUT2D eigenvalue weighted by Crippen LogP contribution is 2.16. The number of aryl methyl sites for hydroxylation is 1. The van der Waals surface area contributed by atoms with Gasteiger partial charge in [0.1, 0.15) is 5.75 Å². The van der Waals surface area contributed by atoms with Crippen molar-refractivity contribution in [2.45, 2.75) is 13.3 Å². The van der Waals surface area contributed by atoms with Crippen LogP contribution in [0.1, 0.15) is 11.4 Å². The van der Waals surface area contributed by atoms with Crippen molar-refractivity contribution in [1.82, 2.24) is 19.8 Å². The van der Waals surface area contributed by atoms with Crippen molar-refractivity contribution in [3.63, 3.8) is 0 Å². The molecule has 0 saturated carbocycles. The zero-order chi connectivity index (χ0) is 13.9. The maximum Gasteiger partial charge on any atom is 0.181 e. The molecule has 2 aromatic heterocycles. The van der Waals surface area contributed by atoms with Crippen LogP contribution in [-0.4, -0.2) is 26.4 Å². The maximum absolute atomic E-state index is 5.83. The SMILES string of the molecule is Cc1nnc2c(CCOc3ccc(Cl)cc3)ccnn12. The highest BCUT2D eigenvalue weighted by atomic mass is 35.5. The van der Waals surface area contributed by atoms with Crippen molar-refractivity contribution in [1.29, 1.82) is 0 Å². The van der Waals surface area contributed by atoms with E-state index in [1.807, 2.05) is 37.3 Å². The molecule has 6 heteroatoms. The first-order valence-electron chi connectivity index (χ1n) is 6.28. The predicted molar refractivity (Wildman–Crippen MR) is 76.2 cm³/mol. The molecule has 0 unspecified atom stereocenters. The number of nitrogens with zero attached hydrogens (tertiary/aromatic N) is 4. The van der Waals surface area contributed by atoms with E-state index >= 15 is 0 Å². The first kappa shape index (κ1) is 12.9. The van der Waals surface area contributed by atoms with Crippen molar-refractivity contribution in [3.8, 4) is 5.75 Å². The van der Waals surface area contributed by atoms with Gasteiger partial charge in [0.05, 0.1) is 6.61 Å². The number of fused-ring (bicyclic) bond motifs is 1. The molecule has 0 spiro atoms. The van der Waals surface area contributed by atoms with E-state index in [-0.39, 0.29) is 0 Å². The number of hydrogen-bond acceptors (Lipinski definition) is 4. The first-order chi connectivity index (χ1) is 9.74. The van der Waals surface area contributed by atoms with Gasteiger partial charge in [-0.1, -0.05) is 11.6 Å². The van der Waals surface area contributed by atoms with Crippen LogP contribution in [0.2, 0.25) is 5.02 Å². The van der Waals surface area contributed by atoms with Crippen LogP contribution < -0.4 is 4.74 Å². The number of aromatic nitrogens is 4. The summed E-state index contributed by atoms with van der Waals surface area (Å²) in [4.78, 5) is 0. The second-order valence-corrected chi connectivity index (χ2v) is 4.83. The maximum atomic E-state index is 5.83. The Kier molecular flexibility index (Phi) is 3.52. The van der Waals surface area contributed by atoms with E-state index in [1.165, 1.54) is 0 Å². The van der Waals surface area contributed by atoms with Crippen molar-refractivity contribution < 1.29 is 4.74 Å². The zero-order valence-corrected chi connectivity index (χ0v) is 11.7. The molecule has 0 aliphatic rings. The van der Waals surface area contributed by atoms with Crippen LogP contribution in [0, 0.1) is 6.92 Å². The van der Waals surface area contributed by atoms with Gasteiger partial charge in [-0.2, -0.15) is 9.61 Å². The summed E-state index contributed by atoms with van der Waals surface area (Å²) in [5, 5.41) is 13.1. The third kappa shape index (κ3) is 2.58. The average molecular weight is 289 g/mol. The summed E-state index contributed by atoms with van der Waals surface area (Å²) in [6, 6.07) is 9.26. The number of rotatable bonds is 4. The highest BCUT2D eigenvalue weighted by Gasteiger charge is 2.07. The fraction of sp³-hybridized carbons (Fsp3) is 0.214. The molecular formula is C14H13ClN4O. The summed E-state index contributed by atoms with van der Waals surface area (Å²) in [6.45, 7) is 2.44. The third-order valence-corrected chi connectivity index (χ3v) is 3.25. The summed E-state index contributed by atoms with van der Waals surface area (Å²) in [5.41, 5.74) is 1.85. The quantitative estimate of drug-likeness (QED) is 0.741. The number of ether oxygens (including phenoxy) is 1. The van der Waals surface area contributed by atoms with Gasteiger partial charge in [0.25, 0.3) is 0 Å². The van der Waals surface area contributed by atoms with Gasteiger partial charge in [0.2, 0.25) is 0 Å². The number of benzene rings is 1. The molecule has 102 valence electrons. The van der Waals surface area contributed by atoms with Gasteiger partial charge in [-0.25, -0.2) is 0 Å². The van der Waals surface area contributed by atoms with Crippen LogP contribution in [0.4, 0.5) is 0 Å². The standard InChI is InChI=1S/C14H13ClN4O/c1-10-17-18-14-11(6-8-16-19(10)14)7-9-20-13-4-2-12(15)3-5-13/h2-6,8H,7,9H2,1H3. The average Bonchev–Trinajstić information content (AvgIpc) is 2.84. The van der Waals surface area contributed by atoms with E-state index in [2.05, 4.69) is 15.3 Å². The van der Waals surface area contributed by atoms with Crippen LogP contribution in [0.15, 0.2) is 36.5 Å². The molecule has 0 fully saturated rings. The Morgan fingerprint density at radius 1 is 1.15 bits per heavy atom. The summed E-state index contributed by atoms with van der Waals surface area (Å²) < 4.78 is 7.42. The molecule has 3 aromatic rings. The van der Waals surface area contributed by atoms with E-state index in [0.717, 1.165) is 29.2 Å². The Labute approximate surface area is 121 Å². The molecule has 0 saturated heterocycles. The Balaban J connectivity index is 1.69. The molecule has 0 atom stereocenters. The summed E-state index contributed by atoms with van der Waals surface area (Å²) in [5.74, 6) is 1.58. The highest BCUT2D eigenvalue weighted by molar-refractivity contribution is 6.30. The van der Waals surface area contributed by atoms with Gasteiger partial charge in [0, 0.05) is 23.2 Å². The van der Waals surface area contributed by atoms with Crippen molar-refractivity contribution in [2.24, 2.45) is 0 Å². The van der Waals surface area contributed by atoms with Crippen LogP contribution >= 0.6 is 11.6 Å². The fourth-order valence-electron chi connectivity index (χ4n) is 1.97. The van der Waals surface area contributed by atoms with E-state index in [4.69, 9.17) is 16.3 Å². The molecule has 0 aliphatic heterocycles. The molecule has 0 aliphatic carbocycles. The topological polar surface area (TPSA) is 52.3 Å². The Bertz CT molecular complexity index is 724. The predicted octanol–water partition coefficient (Wildman–Crippen LogP) is 2.71. The summed E-state index contributed by atoms with van der Waals surface area (Å²) in [7, 11) is 0. The van der Waals surface area contributed by atoms with Crippen LogP contribution in [0.3, 0.4) is 0 Å². The van der Waals surface area contributed by atoms with Gasteiger partial charge in [0.15, 0.2) is 11.5 Å². The van der Waals surface area contributed by atoms with E-state index in [9.17, 15) is 0 Å². The minimum Gasteiger partial charge on any atom is -0.493 e. The molecule has 0 N–H and O–H groups in total. The lowest BCUT2D eigenvalue weighted by atomic mass is 10.2. The van der Waals surface area contributed by atoms with Crippen LogP contribution in [0.5, 0.6) is 5.75 Å². The van der Waals surface area contributed by atoms with Gasteiger partial charge in [-0.15, -0.1) is 10.2 Å². The minimum absolute atomic E-state index is 0.563. The summed E-state index contributed by atoms with van der Waals surface area (Å²) >= 11 is 5.83. The lowest BCUT2D eigenvalue weighted by Gasteiger charge is -2.06. The van der Waals surface area contributed by atoms with Crippen LogP contribution in [-0.2, 0) is 6.42 Å². The Morgan fingerprint density at radius 2 is 1.95 bits per heavy atom. The first-order valence-corrected chi connectivity index (χ1v) is 6.66. The Hall–Kier alpha value is -2.14. The Morgan fingerprint density at radius 3 is 2.75 bits per heavy atom. The van der Waals surface area contributed by atoms with Crippen LogP contribution in [0.25, 0.3) is 5.65 Å². The minimum atomic E-state index is 0.563. The third-order valence-electron chi connectivity index (χ3n) is 3.00. The monoisotopic (exact) mass is 288 g/mol. The largest absolute Gasteiger partial charge is 0.493 e. The lowest BCUT2D eigenvalue weighted by Crippen LogP contribution is -2.04. The van der Waals surface area contributed by atoms with E-state index < -0.39 is 0 Å².